The predicted octanol–water partition coefficient (Wildman–Crippen LogP) is 1.56. The van der Waals surface area contributed by atoms with Crippen LogP contribution >= 0.6 is 0 Å². The first kappa shape index (κ1) is 12.7. The Balaban J connectivity index is 1.94. The van der Waals surface area contributed by atoms with Crippen molar-refractivity contribution in [2.45, 2.75) is 38.8 Å². The zero-order chi connectivity index (χ0) is 13.0. The first-order chi connectivity index (χ1) is 8.65. The molecule has 2 N–H and O–H groups in total. The second-order valence-corrected chi connectivity index (χ2v) is 4.71. The van der Waals surface area contributed by atoms with Crippen LogP contribution in [-0.4, -0.2) is 29.6 Å². The van der Waals surface area contributed by atoms with Gasteiger partial charge < -0.3 is 15.4 Å². The molecule has 0 saturated carbocycles. The zero-order valence-corrected chi connectivity index (χ0v) is 10.8. The summed E-state index contributed by atoms with van der Waals surface area (Å²) in [5.41, 5.74) is 0.868. The van der Waals surface area contributed by atoms with Crippen LogP contribution in [0.25, 0.3) is 0 Å². The minimum absolute atomic E-state index is 0.0895. The molecule has 1 aromatic rings. The number of nitrogens with zero attached hydrogens (tertiary/aromatic N) is 1. The van der Waals surface area contributed by atoms with Crippen LogP contribution in [0.3, 0.4) is 0 Å². The Morgan fingerprint density at radius 2 is 2.44 bits per heavy atom. The van der Waals surface area contributed by atoms with Crippen LogP contribution in [0.2, 0.25) is 0 Å². The lowest BCUT2D eigenvalue weighted by molar-refractivity contribution is -0.119. The molecule has 1 aromatic heterocycles. The van der Waals surface area contributed by atoms with E-state index in [0.29, 0.717) is 18.8 Å². The minimum atomic E-state index is 0.0895. The van der Waals surface area contributed by atoms with E-state index in [1.165, 1.54) is 0 Å². The lowest BCUT2D eigenvalue weighted by Gasteiger charge is -2.16. The zero-order valence-electron chi connectivity index (χ0n) is 10.8. The molecule has 0 bridgehead atoms. The number of anilines is 1. The van der Waals surface area contributed by atoms with E-state index < -0.39 is 0 Å². The van der Waals surface area contributed by atoms with Crippen molar-refractivity contribution in [1.82, 2.24) is 10.3 Å². The van der Waals surface area contributed by atoms with Crippen molar-refractivity contribution in [3.8, 4) is 5.88 Å². The van der Waals surface area contributed by atoms with E-state index >= 15 is 0 Å². The fourth-order valence-electron chi connectivity index (χ4n) is 1.91. The second kappa shape index (κ2) is 5.71. The molecule has 1 aliphatic rings. The van der Waals surface area contributed by atoms with E-state index in [2.05, 4.69) is 15.6 Å². The quantitative estimate of drug-likeness (QED) is 0.831. The molecular formula is C13H19N3O2. The number of aromatic nitrogens is 1. The van der Waals surface area contributed by atoms with Gasteiger partial charge in [0.05, 0.1) is 11.8 Å². The summed E-state index contributed by atoms with van der Waals surface area (Å²) in [6, 6.07) is 3.99. The van der Waals surface area contributed by atoms with Gasteiger partial charge in [-0.05, 0) is 32.4 Å². The molecule has 1 amide bonds. The van der Waals surface area contributed by atoms with Gasteiger partial charge in [-0.3, -0.25) is 4.79 Å². The number of carbonyl (C=O) groups excluding carboxylic acids is 1. The Morgan fingerprint density at radius 3 is 3.11 bits per heavy atom. The van der Waals surface area contributed by atoms with Crippen LogP contribution in [-0.2, 0) is 4.79 Å². The van der Waals surface area contributed by atoms with Gasteiger partial charge in [-0.2, -0.15) is 0 Å². The fraction of sp³-hybridized carbons (Fsp3) is 0.538. The van der Waals surface area contributed by atoms with Gasteiger partial charge in [-0.1, -0.05) is 0 Å². The smallest absolute Gasteiger partial charge is 0.237 e. The van der Waals surface area contributed by atoms with Gasteiger partial charge in [-0.15, -0.1) is 0 Å². The third-order valence-corrected chi connectivity index (χ3v) is 2.74. The fourth-order valence-corrected chi connectivity index (χ4v) is 1.91. The van der Waals surface area contributed by atoms with Crippen LogP contribution in [0.15, 0.2) is 18.3 Å². The summed E-state index contributed by atoms with van der Waals surface area (Å²) in [6.07, 6.45) is 3.30. The Labute approximate surface area is 107 Å². The number of hydrogen-bond donors (Lipinski definition) is 2. The lowest BCUT2D eigenvalue weighted by Crippen LogP contribution is -2.32. The molecule has 98 valence electrons. The molecule has 5 heteroatoms. The molecule has 2 heterocycles. The summed E-state index contributed by atoms with van der Waals surface area (Å²) in [5.74, 6) is 0.739. The van der Waals surface area contributed by atoms with Crippen molar-refractivity contribution in [2.24, 2.45) is 0 Å². The maximum absolute atomic E-state index is 11.1. The van der Waals surface area contributed by atoms with E-state index in [9.17, 15) is 4.79 Å². The van der Waals surface area contributed by atoms with E-state index in [1.54, 1.807) is 6.20 Å². The van der Waals surface area contributed by atoms with Crippen molar-refractivity contribution < 1.29 is 9.53 Å². The van der Waals surface area contributed by atoms with E-state index in [1.807, 2.05) is 26.0 Å². The summed E-state index contributed by atoms with van der Waals surface area (Å²) < 4.78 is 5.62. The van der Waals surface area contributed by atoms with Crippen LogP contribution in [0.1, 0.15) is 26.7 Å². The van der Waals surface area contributed by atoms with E-state index in [-0.39, 0.29) is 18.1 Å². The van der Waals surface area contributed by atoms with Crippen LogP contribution < -0.4 is 15.4 Å². The first-order valence-corrected chi connectivity index (χ1v) is 6.30. The molecule has 1 aliphatic heterocycles. The molecule has 1 saturated heterocycles. The van der Waals surface area contributed by atoms with Crippen molar-refractivity contribution in [3.05, 3.63) is 18.3 Å². The van der Waals surface area contributed by atoms with E-state index in [0.717, 1.165) is 12.1 Å². The highest BCUT2D eigenvalue weighted by Gasteiger charge is 2.20. The van der Waals surface area contributed by atoms with E-state index in [4.69, 9.17) is 4.74 Å². The average molecular weight is 249 g/mol. The molecule has 0 aliphatic carbocycles. The molecule has 1 atom stereocenters. The van der Waals surface area contributed by atoms with Crippen LogP contribution in [0, 0.1) is 0 Å². The van der Waals surface area contributed by atoms with Crippen molar-refractivity contribution in [3.63, 3.8) is 0 Å². The third kappa shape index (κ3) is 3.35. The highest BCUT2D eigenvalue weighted by Crippen LogP contribution is 2.22. The molecule has 1 unspecified atom stereocenters. The molecule has 5 nitrogen and oxygen atoms in total. The Morgan fingerprint density at radius 1 is 1.61 bits per heavy atom. The molecule has 0 spiro atoms. The number of amides is 1. The molecule has 18 heavy (non-hydrogen) atoms. The minimum Gasteiger partial charge on any atom is -0.473 e. The third-order valence-electron chi connectivity index (χ3n) is 2.74. The van der Waals surface area contributed by atoms with Crippen molar-refractivity contribution in [1.29, 1.82) is 0 Å². The number of hydrogen-bond acceptors (Lipinski definition) is 4. The van der Waals surface area contributed by atoms with Crippen LogP contribution in [0.4, 0.5) is 5.69 Å². The normalized spacial score (nSPS) is 18.8. The molecule has 0 aromatic carbocycles. The van der Waals surface area contributed by atoms with Gasteiger partial charge in [0.25, 0.3) is 0 Å². The summed E-state index contributed by atoms with van der Waals surface area (Å²) in [7, 11) is 0. The van der Waals surface area contributed by atoms with Crippen molar-refractivity contribution in [2.75, 3.05) is 11.9 Å². The molecule has 2 rings (SSSR count). The molecule has 0 radical (unpaired) electrons. The number of rotatable bonds is 5. The summed E-state index contributed by atoms with van der Waals surface area (Å²) in [4.78, 5) is 15.3. The largest absolute Gasteiger partial charge is 0.473 e. The van der Waals surface area contributed by atoms with Gasteiger partial charge in [0.15, 0.2) is 0 Å². The highest BCUT2D eigenvalue weighted by atomic mass is 16.5. The molecule has 1 fully saturated rings. The Kier molecular flexibility index (Phi) is 4.02. The lowest BCUT2D eigenvalue weighted by atomic mass is 10.2. The number of ether oxygens (including phenoxy) is 1. The molecular weight excluding hydrogens is 230 g/mol. The highest BCUT2D eigenvalue weighted by molar-refractivity contribution is 5.78. The SMILES string of the molecule is CC(C)Oc1ncccc1NCC1CCC(=O)N1. The maximum Gasteiger partial charge on any atom is 0.237 e. The number of nitrogens with one attached hydrogen (secondary N) is 2. The second-order valence-electron chi connectivity index (χ2n) is 4.71. The van der Waals surface area contributed by atoms with Gasteiger partial charge in [-0.25, -0.2) is 4.98 Å². The summed E-state index contributed by atoms with van der Waals surface area (Å²) in [5, 5.41) is 6.20. The summed E-state index contributed by atoms with van der Waals surface area (Å²) >= 11 is 0. The van der Waals surface area contributed by atoms with Gasteiger partial charge in [0, 0.05) is 25.2 Å². The summed E-state index contributed by atoms with van der Waals surface area (Å²) in [6.45, 7) is 4.64. The van der Waals surface area contributed by atoms with Gasteiger partial charge in [0.1, 0.15) is 0 Å². The number of pyridine rings is 1. The van der Waals surface area contributed by atoms with Gasteiger partial charge in [0.2, 0.25) is 11.8 Å². The maximum atomic E-state index is 11.1. The Hall–Kier alpha value is -1.78. The first-order valence-electron chi connectivity index (χ1n) is 6.30. The van der Waals surface area contributed by atoms with Crippen LogP contribution in [0.5, 0.6) is 5.88 Å². The van der Waals surface area contributed by atoms with Gasteiger partial charge >= 0.3 is 0 Å². The van der Waals surface area contributed by atoms with Crippen molar-refractivity contribution >= 4 is 11.6 Å². The standard InChI is InChI=1S/C13H19N3O2/c1-9(2)18-13-11(4-3-7-14-13)15-8-10-5-6-12(17)16-10/h3-4,7,9-10,15H,5-6,8H2,1-2H3,(H,16,17). The topological polar surface area (TPSA) is 63.2 Å². The Bertz CT molecular complexity index is 420. The predicted molar refractivity (Wildman–Crippen MR) is 69.7 cm³/mol. The number of carbonyl (C=O) groups is 1. The average Bonchev–Trinajstić information content (AvgIpc) is 2.73. The monoisotopic (exact) mass is 249 g/mol.